The number of aromatic amines is 1. The zero-order valence-corrected chi connectivity index (χ0v) is 10.0. The molecule has 2 rings (SSSR count). The van der Waals surface area contributed by atoms with E-state index in [0.717, 1.165) is 9.37 Å². The Hall–Kier alpha value is -0.520. The molecule has 0 atom stereocenters. The van der Waals surface area contributed by atoms with Gasteiger partial charge in [-0.15, -0.1) is 5.10 Å². The Bertz CT molecular complexity index is 428. The molecule has 1 aromatic heterocycles. The molecule has 2 aromatic rings. The van der Waals surface area contributed by atoms with Crippen molar-refractivity contribution in [2.45, 2.75) is 10.1 Å². The third-order valence-electron chi connectivity index (χ3n) is 1.46. The van der Waals surface area contributed by atoms with E-state index in [2.05, 4.69) is 31.1 Å². The fourth-order valence-corrected chi connectivity index (χ4v) is 2.03. The van der Waals surface area contributed by atoms with E-state index in [0.29, 0.717) is 10.4 Å². The maximum absolute atomic E-state index is 5.60. The van der Waals surface area contributed by atoms with Gasteiger partial charge in [0.2, 0.25) is 10.4 Å². The van der Waals surface area contributed by atoms with Crippen molar-refractivity contribution in [3.63, 3.8) is 0 Å². The fraction of sp³-hybridized carbons (Fsp3) is 0. The minimum atomic E-state index is 0.310. The number of halogens is 2. The molecule has 14 heavy (non-hydrogen) atoms. The van der Waals surface area contributed by atoms with Gasteiger partial charge in [0.15, 0.2) is 0 Å². The molecule has 0 saturated carbocycles. The van der Waals surface area contributed by atoms with E-state index in [1.165, 1.54) is 11.8 Å². The fourth-order valence-electron chi connectivity index (χ4n) is 0.882. The first kappa shape index (κ1) is 10.0. The lowest BCUT2D eigenvalue weighted by Gasteiger charge is -1.95. The third-order valence-corrected chi connectivity index (χ3v) is 3.03. The van der Waals surface area contributed by atoms with Crippen LogP contribution in [0, 0.1) is 0 Å². The van der Waals surface area contributed by atoms with Crippen LogP contribution in [-0.2, 0) is 0 Å². The topological polar surface area (TPSA) is 41.6 Å². The van der Waals surface area contributed by atoms with Crippen LogP contribution in [-0.4, -0.2) is 15.2 Å². The van der Waals surface area contributed by atoms with E-state index < -0.39 is 0 Å². The van der Waals surface area contributed by atoms with Crippen LogP contribution in [0.1, 0.15) is 0 Å². The molecule has 6 heteroatoms. The number of hydrogen-bond acceptors (Lipinski definition) is 3. The zero-order chi connectivity index (χ0) is 9.97. The van der Waals surface area contributed by atoms with Gasteiger partial charge in [-0.3, -0.25) is 0 Å². The van der Waals surface area contributed by atoms with Gasteiger partial charge in [0, 0.05) is 9.37 Å². The van der Waals surface area contributed by atoms with Crippen LogP contribution in [0.15, 0.2) is 38.8 Å². The predicted octanol–water partition coefficient (Wildman–Crippen LogP) is 3.37. The molecule has 0 amide bonds. The normalized spacial score (nSPS) is 10.4. The summed E-state index contributed by atoms with van der Waals surface area (Å²) in [5.74, 6) is 0. The number of hydrogen-bond donors (Lipinski definition) is 1. The molecule has 0 saturated heterocycles. The van der Waals surface area contributed by atoms with Crippen molar-refractivity contribution >= 4 is 39.3 Å². The molecule has 0 bridgehead atoms. The highest BCUT2D eigenvalue weighted by atomic mass is 79.9. The van der Waals surface area contributed by atoms with Crippen LogP contribution < -0.4 is 0 Å². The number of nitrogens with one attached hydrogen (secondary N) is 1. The Morgan fingerprint density at radius 3 is 2.57 bits per heavy atom. The molecule has 1 aromatic carbocycles. The van der Waals surface area contributed by atoms with Gasteiger partial charge in [-0.05, 0) is 47.6 Å². The first-order valence-corrected chi connectivity index (χ1v) is 5.74. The Morgan fingerprint density at radius 1 is 1.29 bits per heavy atom. The summed E-state index contributed by atoms with van der Waals surface area (Å²) < 4.78 is 1.05. The number of rotatable bonds is 2. The van der Waals surface area contributed by atoms with Gasteiger partial charge < -0.3 is 0 Å². The van der Waals surface area contributed by atoms with Gasteiger partial charge in [0.1, 0.15) is 0 Å². The van der Waals surface area contributed by atoms with E-state index in [-0.39, 0.29) is 0 Å². The summed E-state index contributed by atoms with van der Waals surface area (Å²) in [5.41, 5.74) is 0. The van der Waals surface area contributed by atoms with Gasteiger partial charge in [-0.1, -0.05) is 15.9 Å². The van der Waals surface area contributed by atoms with Crippen LogP contribution >= 0.6 is 39.3 Å². The summed E-state index contributed by atoms with van der Waals surface area (Å²) >= 11 is 10.4. The predicted molar refractivity (Wildman–Crippen MR) is 59.7 cm³/mol. The molecule has 0 unspecified atom stereocenters. The van der Waals surface area contributed by atoms with Crippen molar-refractivity contribution in [1.29, 1.82) is 0 Å². The highest BCUT2D eigenvalue weighted by Gasteiger charge is 2.02. The molecule has 0 spiro atoms. The molecule has 0 radical (unpaired) electrons. The lowest BCUT2D eigenvalue weighted by Crippen LogP contribution is -1.75. The first-order valence-electron chi connectivity index (χ1n) is 3.75. The van der Waals surface area contributed by atoms with Crippen LogP contribution in [0.4, 0.5) is 0 Å². The number of benzene rings is 1. The standard InChI is InChI=1S/C8H5BrClN3S/c9-5-1-3-6(4-2-5)14-8-11-7(10)12-13-8/h1-4H,(H,11,12,13). The summed E-state index contributed by atoms with van der Waals surface area (Å²) in [7, 11) is 0. The number of aromatic nitrogens is 3. The molecule has 0 aliphatic carbocycles. The van der Waals surface area contributed by atoms with Gasteiger partial charge in [-0.25, -0.2) is 5.10 Å². The molecule has 1 heterocycles. The molecule has 72 valence electrons. The summed E-state index contributed by atoms with van der Waals surface area (Å²) in [4.78, 5) is 5.05. The van der Waals surface area contributed by atoms with E-state index >= 15 is 0 Å². The molecule has 0 aliphatic heterocycles. The van der Waals surface area contributed by atoms with Crippen molar-refractivity contribution in [2.75, 3.05) is 0 Å². The SMILES string of the molecule is Clc1nc(Sc2ccc(Br)cc2)n[nH]1. The van der Waals surface area contributed by atoms with Crippen LogP contribution in [0.2, 0.25) is 5.28 Å². The molecular formula is C8H5BrClN3S. The largest absolute Gasteiger partial charge is 0.249 e. The minimum absolute atomic E-state index is 0.310. The lowest BCUT2D eigenvalue weighted by molar-refractivity contribution is 0.973. The van der Waals surface area contributed by atoms with E-state index in [1.54, 1.807) is 0 Å². The Kier molecular flexibility index (Phi) is 3.10. The number of H-pyrrole nitrogens is 1. The van der Waals surface area contributed by atoms with Crippen molar-refractivity contribution in [3.8, 4) is 0 Å². The van der Waals surface area contributed by atoms with Crippen LogP contribution in [0.25, 0.3) is 0 Å². The van der Waals surface area contributed by atoms with Crippen LogP contribution in [0.3, 0.4) is 0 Å². The molecule has 3 nitrogen and oxygen atoms in total. The molecule has 1 N–H and O–H groups in total. The highest BCUT2D eigenvalue weighted by molar-refractivity contribution is 9.10. The highest BCUT2D eigenvalue weighted by Crippen LogP contribution is 2.26. The zero-order valence-electron chi connectivity index (χ0n) is 6.87. The van der Waals surface area contributed by atoms with Crippen molar-refractivity contribution in [2.24, 2.45) is 0 Å². The average molecular weight is 291 g/mol. The average Bonchev–Trinajstić information content (AvgIpc) is 2.56. The lowest BCUT2D eigenvalue weighted by atomic mass is 10.4. The maximum Gasteiger partial charge on any atom is 0.219 e. The second kappa shape index (κ2) is 4.33. The van der Waals surface area contributed by atoms with E-state index in [1.807, 2.05) is 24.3 Å². The molecule has 0 fully saturated rings. The second-order valence-corrected chi connectivity index (χ2v) is 4.78. The molecular weight excluding hydrogens is 286 g/mol. The van der Waals surface area contributed by atoms with Crippen molar-refractivity contribution in [1.82, 2.24) is 15.2 Å². The van der Waals surface area contributed by atoms with Gasteiger partial charge in [0.25, 0.3) is 0 Å². The van der Waals surface area contributed by atoms with Gasteiger partial charge in [-0.2, -0.15) is 4.98 Å². The summed E-state index contributed by atoms with van der Waals surface area (Å²) in [6, 6.07) is 7.91. The maximum atomic E-state index is 5.60. The Balaban J connectivity index is 2.15. The van der Waals surface area contributed by atoms with Crippen molar-refractivity contribution < 1.29 is 0 Å². The van der Waals surface area contributed by atoms with E-state index in [4.69, 9.17) is 11.6 Å². The van der Waals surface area contributed by atoms with Gasteiger partial charge in [0.05, 0.1) is 0 Å². The first-order chi connectivity index (χ1) is 6.74. The summed E-state index contributed by atoms with van der Waals surface area (Å²) in [6.07, 6.45) is 0. The second-order valence-electron chi connectivity index (χ2n) is 2.46. The summed E-state index contributed by atoms with van der Waals surface area (Å²) in [5, 5.41) is 7.42. The quantitative estimate of drug-likeness (QED) is 0.922. The third kappa shape index (κ3) is 2.50. The Morgan fingerprint density at radius 2 is 2.00 bits per heavy atom. The van der Waals surface area contributed by atoms with Crippen LogP contribution in [0.5, 0.6) is 0 Å². The van der Waals surface area contributed by atoms with Gasteiger partial charge >= 0.3 is 0 Å². The minimum Gasteiger partial charge on any atom is -0.249 e. The monoisotopic (exact) mass is 289 g/mol. The molecule has 0 aliphatic rings. The number of nitrogens with zero attached hydrogens (tertiary/aromatic N) is 2. The summed E-state index contributed by atoms with van der Waals surface area (Å²) in [6.45, 7) is 0. The van der Waals surface area contributed by atoms with Crippen molar-refractivity contribution in [3.05, 3.63) is 34.0 Å². The Labute approximate surface area is 98.4 Å². The van der Waals surface area contributed by atoms with E-state index in [9.17, 15) is 0 Å². The smallest absolute Gasteiger partial charge is 0.219 e.